The van der Waals surface area contributed by atoms with Crippen molar-refractivity contribution >= 4 is 5.97 Å². The molecule has 118 valence electrons. The molecule has 1 heterocycles. The molecule has 5 heteroatoms. The van der Waals surface area contributed by atoms with E-state index in [1.165, 1.54) is 20.0 Å². The van der Waals surface area contributed by atoms with Crippen molar-refractivity contribution < 1.29 is 9.53 Å². The van der Waals surface area contributed by atoms with Gasteiger partial charge in [-0.05, 0) is 12.8 Å². The van der Waals surface area contributed by atoms with Crippen molar-refractivity contribution in [2.24, 2.45) is 7.05 Å². The Morgan fingerprint density at radius 1 is 1.43 bits per heavy atom. The third-order valence-corrected chi connectivity index (χ3v) is 4.07. The lowest BCUT2D eigenvalue weighted by Gasteiger charge is -2.24. The molecule has 21 heavy (non-hydrogen) atoms. The lowest BCUT2D eigenvalue weighted by Crippen LogP contribution is -2.37. The molecule has 1 aliphatic rings. The number of nitrogens with zero attached hydrogens (tertiary/aromatic N) is 2. The smallest absolute Gasteiger partial charge is 0.327 e. The number of hydrogen-bond acceptors (Lipinski definition) is 4. The first-order valence-electron chi connectivity index (χ1n) is 7.71. The zero-order chi connectivity index (χ0) is 15.6. The van der Waals surface area contributed by atoms with Gasteiger partial charge in [0.05, 0.1) is 12.8 Å². The van der Waals surface area contributed by atoms with Crippen molar-refractivity contribution in [2.45, 2.75) is 64.0 Å². The van der Waals surface area contributed by atoms with Crippen molar-refractivity contribution in [3.05, 3.63) is 17.5 Å². The van der Waals surface area contributed by atoms with Gasteiger partial charge in [-0.2, -0.15) is 5.10 Å². The second kappa shape index (κ2) is 6.18. The Hall–Kier alpha value is -1.36. The Bertz CT molecular complexity index is 496. The van der Waals surface area contributed by atoms with Crippen molar-refractivity contribution in [1.82, 2.24) is 15.1 Å². The third kappa shape index (κ3) is 3.64. The predicted molar refractivity (Wildman–Crippen MR) is 82.1 cm³/mol. The van der Waals surface area contributed by atoms with Gasteiger partial charge < -0.3 is 4.74 Å². The summed E-state index contributed by atoms with van der Waals surface area (Å²) < 4.78 is 6.80. The van der Waals surface area contributed by atoms with E-state index in [9.17, 15) is 4.79 Å². The number of carbonyl (C=O) groups is 1. The molecule has 0 radical (unpaired) electrons. The van der Waals surface area contributed by atoms with Crippen LogP contribution >= 0.6 is 0 Å². The van der Waals surface area contributed by atoms with E-state index in [2.05, 4.69) is 31.2 Å². The van der Waals surface area contributed by atoms with Crippen molar-refractivity contribution in [3.8, 4) is 0 Å². The summed E-state index contributed by atoms with van der Waals surface area (Å²) in [7, 11) is 3.33. The summed E-state index contributed by atoms with van der Waals surface area (Å²) in [6, 6.07) is -0.0388. The topological polar surface area (TPSA) is 56.1 Å². The molecule has 1 saturated carbocycles. The summed E-state index contributed by atoms with van der Waals surface area (Å²) in [5.74, 6) is -0.236. The highest BCUT2D eigenvalue weighted by Crippen LogP contribution is 2.30. The Balaban J connectivity index is 2.34. The molecule has 0 saturated heterocycles. The van der Waals surface area contributed by atoms with E-state index < -0.39 is 6.04 Å². The summed E-state index contributed by atoms with van der Waals surface area (Å²) in [5.41, 5.74) is 1.77. The van der Waals surface area contributed by atoms with E-state index in [4.69, 9.17) is 4.74 Å². The lowest BCUT2D eigenvalue weighted by atomic mass is 9.87. The molecule has 0 aliphatic heterocycles. The first kappa shape index (κ1) is 16.0. The highest BCUT2D eigenvalue weighted by Gasteiger charge is 2.33. The Kier molecular flexibility index (Phi) is 4.71. The van der Waals surface area contributed by atoms with E-state index in [1.807, 2.05) is 13.2 Å². The molecule has 5 nitrogen and oxygen atoms in total. The van der Waals surface area contributed by atoms with Crippen LogP contribution in [0, 0.1) is 0 Å². The number of aryl methyl sites for hydroxylation is 1. The second-order valence-electron chi connectivity index (χ2n) is 6.96. The summed E-state index contributed by atoms with van der Waals surface area (Å²) in [5, 5.41) is 8.04. The number of esters is 1. The summed E-state index contributed by atoms with van der Waals surface area (Å²) in [6.07, 6.45) is 6.64. The standard InChI is InChI=1S/C16H27N3O2/c1-16(2,3)14-12(10-19(4)18-14)13(15(20)21-5)17-11-8-6-7-9-11/h10-11,13,17H,6-9H2,1-5H3. The van der Waals surface area contributed by atoms with Crippen LogP contribution in [0.25, 0.3) is 0 Å². The van der Waals surface area contributed by atoms with E-state index in [0.29, 0.717) is 6.04 Å². The maximum absolute atomic E-state index is 12.3. The minimum absolute atomic E-state index is 0.111. The molecule has 1 atom stereocenters. The number of rotatable bonds is 4. The van der Waals surface area contributed by atoms with Gasteiger partial charge in [0.15, 0.2) is 0 Å². The maximum Gasteiger partial charge on any atom is 0.327 e. The van der Waals surface area contributed by atoms with Gasteiger partial charge in [0, 0.05) is 30.3 Å². The zero-order valence-electron chi connectivity index (χ0n) is 13.8. The predicted octanol–water partition coefficient (Wildman–Crippen LogP) is 2.46. The largest absolute Gasteiger partial charge is 0.468 e. The van der Waals surface area contributed by atoms with Gasteiger partial charge >= 0.3 is 5.97 Å². The van der Waals surface area contributed by atoms with Crippen LogP contribution < -0.4 is 5.32 Å². The van der Waals surface area contributed by atoms with Crippen LogP contribution in [0.4, 0.5) is 0 Å². The minimum Gasteiger partial charge on any atom is -0.468 e. The molecular weight excluding hydrogens is 266 g/mol. The van der Waals surface area contributed by atoms with Gasteiger partial charge in [-0.25, -0.2) is 4.79 Å². The first-order valence-corrected chi connectivity index (χ1v) is 7.71. The summed E-state index contributed by atoms with van der Waals surface area (Å²) in [6.45, 7) is 6.34. The van der Waals surface area contributed by atoms with Gasteiger partial charge in [-0.3, -0.25) is 10.00 Å². The van der Waals surface area contributed by atoms with E-state index in [0.717, 1.165) is 24.1 Å². The molecule has 2 rings (SSSR count). The molecular formula is C16H27N3O2. The quantitative estimate of drug-likeness (QED) is 0.866. The summed E-state index contributed by atoms with van der Waals surface area (Å²) >= 11 is 0. The molecule has 1 aliphatic carbocycles. The van der Waals surface area contributed by atoms with Crippen LogP contribution in [-0.2, 0) is 22.0 Å². The molecule has 1 aromatic heterocycles. The van der Waals surface area contributed by atoms with E-state index >= 15 is 0 Å². The fraction of sp³-hybridized carbons (Fsp3) is 0.750. The van der Waals surface area contributed by atoms with Gasteiger partial charge in [-0.15, -0.1) is 0 Å². The fourth-order valence-electron chi connectivity index (χ4n) is 3.03. The van der Waals surface area contributed by atoms with Crippen LogP contribution in [0.2, 0.25) is 0 Å². The van der Waals surface area contributed by atoms with Crippen LogP contribution in [0.5, 0.6) is 0 Å². The lowest BCUT2D eigenvalue weighted by molar-refractivity contribution is -0.143. The first-order chi connectivity index (χ1) is 9.82. The third-order valence-electron chi connectivity index (χ3n) is 4.07. The fourth-order valence-corrected chi connectivity index (χ4v) is 3.03. The monoisotopic (exact) mass is 293 g/mol. The van der Waals surface area contributed by atoms with Gasteiger partial charge in [-0.1, -0.05) is 33.6 Å². The zero-order valence-corrected chi connectivity index (χ0v) is 13.8. The number of carbonyl (C=O) groups excluding carboxylic acids is 1. The van der Waals surface area contributed by atoms with Crippen molar-refractivity contribution in [2.75, 3.05) is 7.11 Å². The molecule has 0 spiro atoms. The highest BCUT2D eigenvalue weighted by molar-refractivity contribution is 5.78. The average molecular weight is 293 g/mol. The highest BCUT2D eigenvalue weighted by atomic mass is 16.5. The van der Waals surface area contributed by atoms with Gasteiger partial charge in [0.2, 0.25) is 0 Å². The van der Waals surface area contributed by atoms with Crippen molar-refractivity contribution in [1.29, 1.82) is 0 Å². The molecule has 0 amide bonds. The Morgan fingerprint density at radius 2 is 2.05 bits per heavy atom. The molecule has 1 aromatic rings. The van der Waals surface area contributed by atoms with Gasteiger partial charge in [0.25, 0.3) is 0 Å². The van der Waals surface area contributed by atoms with Crippen LogP contribution in [-0.4, -0.2) is 28.9 Å². The Labute approximate surface area is 127 Å². The molecule has 0 bridgehead atoms. The number of hydrogen-bond donors (Lipinski definition) is 1. The van der Waals surface area contributed by atoms with Crippen LogP contribution in [0.3, 0.4) is 0 Å². The second-order valence-corrected chi connectivity index (χ2v) is 6.96. The average Bonchev–Trinajstić information content (AvgIpc) is 3.03. The van der Waals surface area contributed by atoms with E-state index in [1.54, 1.807) is 4.68 Å². The minimum atomic E-state index is -0.430. The van der Waals surface area contributed by atoms with Crippen LogP contribution in [0.15, 0.2) is 6.20 Å². The SMILES string of the molecule is COC(=O)C(NC1CCCC1)c1cn(C)nc1C(C)(C)C. The Morgan fingerprint density at radius 3 is 2.57 bits per heavy atom. The number of ether oxygens (including phenoxy) is 1. The number of methoxy groups -OCH3 is 1. The van der Waals surface area contributed by atoms with Gasteiger partial charge in [0.1, 0.15) is 6.04 Å². The summed E-state index contributed by atoms with van der Waals surface area (Å²) in [4.78, 5) is 12.3. The van der Waals surface area contributed by atoms with Crippen LogP contribution in [0.1, 0.15) is 63.8 Å². The van der Waals surface area contributed by atoms with Crippen molar-refractivity contribution in [3.63, 3.8) is 0 Å². The molecule has 1 N–H and O–H groups in total. The molecule has 0 aromatic carbocycles. The molecule has 1 fully saturated rings. The van der Waals surface area contributed by atoms with E-state index in [-0.39, 0.29) is 11.4 Å². The number of aromatic nitrogens is 2. The normalized spacial score (nSPS) is 18.0. The maximum atomic E-state index is 12.3. The molecule has 1 unspecified atom stereocenters. The number of nitrogens with one attached hydrogen (secondary N) is 1.